The first-order valence-corrected chi connectivity index (χ1v) is 7.06. The van der Waals surface area contributed by atoms with Crippen molar-refractivity contribution in [2.45, 2.75) is 32.9 Å². The zero-order valence-electron chi connectivity index (χ0n) is 13.1. The standard InChI is InChI=1S/C16H17F3N2O2/c1-10-12(11(2)21(3)20-10)8-9-15(22)23-14-7-5-4-6-13(14)16(17,18)19/h4-7H,8-9H2,1-3H3. The zero-order valence-corrected chi connectivity index (χ0v) is 13.1. The van der Waals surface area contributed by atoms with Gasteiger partial charge in [-0.15, -0.1) is 0 Å². The number of hydrogen-bond acceptors (Lipinski definition) is 3. The Morgan fingerprint density at radius 2 is 1.91 bits per heavy atom. The number of aromatic nitrogens is 2. The van der Waals surface area contributed by atoms with E-state index in [9.17, 15) is 18.0 Å². The summed E-state index contributed by atoms with van der Waals surface area (Å²) >= 11 is 0. The third-order valence-corrected chi connectivity index (χ3v) is 3.65. The van der Waals surface area contributed by atoms with Crippen LogP contribution in [-0.2, 0) is 24.4 Å². The van der Waals surface area contributed by atoms with Gasteiger partial charge in [0.15, 0.2) is 0 Å². The molecule has 0 spiro atoms. The topological polar surface area (TPSA) is 44.1 Å². The van der Waals surface area contributed by atoms with Gasteiger partial charge in [0, 0.05) is 12.7 Å². The second-order valence-corrected chi connectivity index (χ2v) is 5.24. The highest BCUT2D eigenvalue weighted by molar-refractivity contribution is 5.73. The molecule has 0 unspecified atom stereocenters. The third-order valence-electron chi connectivity index (χ3n) is 3.65. The number of ether oxygens (including phenoxy) is 1. The fourth-order valence-electron chi connectivity index (χ4n) is 2.37. The van der Waals surface area contributed by atoms with Crippen molar-refractivity contribution in [3.8, 4) is 5.75 Å². The molecule has 1 aromatic heterocycles. The van der Waals surface area contributed by atoms with Crippen LogP contribution in [0.15, 0.2) is 24.3 Å². The van der Waals surface area contributed by atoms with E-state index in [1.54, 1.807) is 11.7 Å². The van der Waals surface area contributed by atoms with Crippen LogP contribution in [0.2, 0.25) is 0 Å². The van der Waals surface area contributed by atoms with E-state index in [0.29, 0.717) is 6.42 Å². The molecule has 0 atom stereocenters. The second kappa shape index (κ2) is 6.44. The summed E-state index contributed by atoms with van der Waals surface area (Å²) in [5.41, 5.74) is 1.68. The molecule has 2 rings (SSSR count). The summed E-state index contributed by atoms with van der Waals surface area (Å²) in [6, 6.07) is 4.68. The predicted octanol–water partition coefficient (Wildman–Crippen LogP) is 3.59. The zero-order chi connectivity index (χ0) is 17.2. The van der Waals surface area contributed by atoms with E-state index in [2.05, 4.69) is 5.10 Å². The van der Waals surface area contributed by atoms with E-state index >= 15 is 0 Å². The molecule has 4 nitrogen and oxygen atoms in total. The van der Waals surface area contributed by atoms with Crippen molar-refractivity contribution in [3.05, 3.63) is 46.8 Å². The van der Waals surface area contributed by atoms with Gasteiger partial charge in [0.1, 0.15) is 5.75 Å². The van der Waals surface area contributed by atoms with Gasteiger partial charge in [-0.1, -0.05) is 12.1 Å². The lowest BCUT2D eigenvalue weighted by Crippen LogP contribution is -2.14. The summed E-state index contributed by atoms with van der Waals surface area (Å²) in [5.74, 6) is -1.17. The lowest BCUT2D eigenvalue weighted by atomic mass is 10.1. The van der Waals surface area contributed by atoms with Crippen molar-refractivity contribution in [2.75, 3.05) is 0 Å². The van der Waals surface area contributed by atoms with Crippen LogP contribution >= 0.6 is 0 Å². The maximum Gasteiger partial charge on any atom is 0.419 e. The summed E-state index contributed by atoms with van der Waals surface area (Å²) in [5, 5.41) is 4.23. The van der Waals surface area contributed by atoms with Gasteiger partial charge in [0.05, 0.1) is 17.7 Å². The van der Waals surface area contributed by atoms with E-state index in [4.69, 9.17) is 4.74 Å². The predicted molar refractivity (Wildman–Crippen MR) is 78.1 cm³/mol. The molecule has 23 heavy (non-hydrogen) atoms. The Balaban J connectivity index is 2.06. The van der Waals surface area contributed by atoms with Crippen LogP contribution in [-0.4, -0.2) is 15.7 Å². The summed E-state index contributed by atoms with van der Waals surface area (Å²) in [7, 11) is 1.80. The molecule has 0 saturated heterocycles. The molecule has 0 saturated carbocycles. The van der Waals surface area contributed by atoms with E-state index < -0.39 is 23.5 Å². The maximum absolute atomic E-state index is 12.9. The van der Waals surface area contributed by atoms with Crippen LogP contribution in [0.25, 0.3) is 0 Å². The number of alkyl halides is 3. The molecule has 0 fully saturated rings. The number of halogens is 3. The molecule has 0 amide bonds. The summed E-state index contributed by atoms with van der Waals surface area (Å²) in [6.07, 6.45) is -4.20. The Morgan fingerprint density at radius 3 is 2.48 bits per heavy atom. The van der Waals surface area contributed by atoms with E-state index in [1.807, 2.05) is 13.8 Å². The molecule has 1 aromatic carbocycles. The number of carbonyl (C=O) groups is 1. The number of para-hydroxylation sites is 1. The minimum absolute atomic E-state index is 0.0143. The Bertz CT molecular complexity index is 721. The van der Waals surface area contributed by atoms with Crippen molar-refractivity contribution in [2.24, 2.45) is 7.05 Å². The number of esters is 1. The van der Waals surface area contributed by atoms with Crippen LogP contribution in [0.4, 0.5) is 13.2 Å². The Kier molecular flexibility index (Phi) is 4.77. The first-order chi connectivity index (χ1) is 10.7. The van der Waals surface area contributed by atoms with Gasteiger partial charge in [0.2, 0.25) is 0 Å². The lowest BCUT2D eigenvalue weighted by molar-refractivity contribution is -0.142. The van der Waals surface area contributed by atoms with Gasteiger partial charge in [-0.05, 0) is 38.0 Å². The minimum atomic E-state index is -4.56. The molecule has 1 heterocycles. The van der Waals surface area contributed by atoms with E-state index in [1.165, 1.54) is 12.1 Å². The molecule has 0 N–H and O–H groups in total. The SMILES string of the molecule is Cc1nn(C)c(C)c1CCC(=O)Oc1ccccc1C(F)(F)F. The average molecular weight is 326 g/mol. The van der Waals surface area contributed by atoms with Crippen molar-refractivity contribution >= 4 is 5.97 Å². The van der Waals surface area contributed by atoms with Crippen molar-refractivity contribution in [1.82, 2.24) is 9.78 Å². The number of rotatable bonds is 4. The number of aryl methyl sites for hydroxylation is 2. The molecule has 0 bridgehead atoms. The number of hydrogen-bond donors (Lipinski definition) is 0. The summed E-state index contributed by atoms with van der Waals surface area (Å²) in [4.78, 5) is 11.9. The Hall–Kier alpha value is -2.31. The first-order valence-electron chi connectivity index (χ1n) is 7.06. The van der Waals surface area contributed by atoms with Crippen LogP contribution in [0.1, 0.15) is 28.9 Å². The van der Waals surface area contributed by atoms with Crippen molar-refractivity contribution < 1.29 is 22.7 Å². The average Bonchev–Trinajstić information content (AvgIpc) is 2.69. The van der Waals surface area contributed by atoms with Gasteiger partial charge in [-0.2, -0.15) is 18.3 Å². The highest BCUT2D eigenvalue weighted by atomic mass is 19.4. The monoisotopic (exact) mass is 326 g/mol. The second-order valence-electron chi connectivity index (χ2n) is 5.24. The van der Waals surface area contributed by atoms with E-state index in [0.717, 1.165) is 29.1 Å². The summed E-state index contributed by atoms with van der Waals surface area (Å²) < 4.78 is 45.2. The molecule has 0 aliphatic rings. The van der Waals surface area contributed by atoms with E-state index in [-0.39, 0.29) is 6.42 Å². The van der Waals surface area contributed by atoms with Gasteiger partial charge in [0.25, 0.3) is 0 Å². The lowest BCUT2D eigenvalue weighted by Gasteiger charge is -2.12. The highest BCUT2D eigenvalue weighted by Crippen LogP contribution is 2.36. The van der Waals surface area contributed by atoms with Crippen molar-refractivity contribution in [3.63, 3.8) is 0 Å². The normalized spacial score (nSPS) is 11.6. The van der Waals surface area contributed by atoms with Crippen LogP contribution < -0.4 is 4.74 Å². The van der Waals surface area contributed by atoms with Crippen LogP contribution in [0, 0.1) is 13.8 Å². The minimum Gasteiger partial charge on any atom is -0.426 e. The molecule has 0 radical (unpaired) electrons. The highest BCUT2D eigenvalue weighted by Gasteiger charge is 2.34. The smallest absolute Gasteiger partial charge is 0.419 e. The fraction of sp³-hybridized carbons (Fsp3) is 0.375. The molecule has 2 aromatic rings. The third kappa shape index (κ3) is 3.91. The van der Waals surface area contributed by atoms with Crippen LogP contribution in [0.5, 0.6) is 5.75 Å². The van der Waals surface area contributed by atoms with Gasteiger partial charge in [-0.3, -0.25) is 9.48 Å². The van der Waals surface area contributed by atoms with Crippen molar-refractivity contribution in [1.29, 1.82) is 0 Å². The summed E-state index contributed by atoms with van der Waals surface area (Å²) in [6.45, 7) is 3.70. The quantitative estimate of drug-likeness (QED) is 0.637. The molecule has 0 aliphatic carbocycles. The molecule has 0 aliphatic heterocycles. The fourth-order valence-corrected chi connectivity index (χ4v) is 2.37. The Morgan fingerprint density at radius 1 is 1.26 bits per heavy atom. The maximum atomic E-state index is 12.9. The number of carbonyl (C=O) groups excluding carboxylic acids is 1. The van der Waals surface area contributed by atoms with Gasteiger partial charge >= 0.3 is 12.1 Å². The molecule has 7 heteroatoms. The molecular formula is C16H17F3N2O2. The Labute approximate surface area is 131 Å². The number of nitrogens with zero attached hydrogens (tertiary/aromatic N) is 2. The number of benzene rings is 1. The van der Waals surface area contributed by atoms with Crippen LogP contribution in [0.3, 0.4) is 0 Å². The van der Waals surface area contributed by atoms with Gasteiger partial charge < -0.3 is 4.74 Å². The largest absolute Gasteiger partial charge is 0.426 e. The molecular weight excluding hydrogens is 309 g/mol. The van der Waals surface area contributed by atoms with Gasteiger partial charge in [-0.25, -0.2) is 0 Å². The first kappa shape index (κ1) is 17.1. The molecule has 124 valence electrons.